The number of rotatable bonds is 3. The Balaban J connectivity index is 2.39. The van der Waals surface area contributed by atoms with E-state index in [2.05, 4.69) is 27.6 Å². The van der Waals surface area contributed by atoms with E-state index in [1.807, 2.05) is 19.1 Å². The second-order valence-electron chi connectivity index (χ2n) is 2.21. The first-order valence-electron chi connectivity index (χ1n) is 3.43. The van der Waals surface area contributed by atoms with Gasteiger partial charge in [0.1, 0.15) is 4.11 Å². The number of ether oxygens (including phenoxy) is 1. The molecule has 0 saturated heterocycles. The van der Waals surface area contributed by atoms with Crippen LogP contribution in [-0.4, -0.2) is 9.09 Å². The lowest BCUT2D eigenvalue weighted by Crippen LogP contribution is -1.98. The molecule has 1 aromatic rings. The van der Waals surface area contributed by atoms with E-state index in [9.17, 15) is 0 Å². The molecular weight excluding hydrogens is 253 g/mol. The van der Waals surface area contributed by atoms with Crippen molar-refractivity contribution in [1.82, 2.24) is 4.98 Å². The average molecular weight is 263 g/mol. The van der Waals surface area contributed by atoms with Crippen LogP contribution >= 0.6 is 22.6 Å². The van der Waals surface area contributed by atoms with Crippen LogP contribution in [0.3, 0.4) is 0 Å². The van der Waals surface area contributed by atoms with Crippen molar-refractivity contribution in [1.29, 1.82) is 0 Å². The van der Waals surface area contributed by atoms with Crippen molar-refractivity contribution in [3.05, 3.63) is 30.1 Å². The summed E-state index contributed by atoms with van der Waals surface area (Å²) < 4.78 is 5.65. The fourth-order valence-corrected chi connectivity index (χ4v) is 0.870. The third-order valence-electron chi connectivity index (χ3n) is 1.23. The molecule has 0 N–H and O–H groups in total. The highest BCUT2D eigenvalue weighted by Gasteiger charge is 1.95. The van der Waals surface area contributed by atoms with Gasteiger partial charge in [-0.25, -0.2) is 0 Å². The molecule has 0 saturated carbocycles. The topological polar surface area (TPSA) is 22.1 Å². The molecule has 3 heteroatoms. The Bertz CT molecular complexity index is 201. The highest BCUT2D eigenvalue weighted by atomic mass is 127. The molecule has 11 heavy (non-hydrogen) atoms. The molecule has 1 rings (SSSR count). The number of hydrogen-bond acceptors (Lipinski definition) is 2. The van der Waals surface area contributed by atoms with Gasteiger partial charge in [-0.3, -0.25) is 4.98 Å². The fourth-order valence-electron chi connectivity index (χ4n) is 0.690. The number of alkyl halides is 1. The van der Waals surface area contributed by atoms with Crippen LogP contribution in [0.1, 0.15) is 12.5 Å². The van der Waals surface area contributed by atoms with Gasteiger partial charge in [0, 0.05) is 12.4 Å². The molecule has 0 fully saturated rings. The van der Waals surface area contributed by atoms with E-state index in [1.165, 1.54) is 5.56 Å². The van der Waals surface area contributed by atoms with Crippen LogP contribution in [0.2, 0.25) is 0 Å². The molecular formula is C8H10INO. The van der Waals surface area contributed by atoms with Gasteiger partial charge in [0.2, 0.25) is 0 Å². The van der Waals surface area contributed by atoms with Gasteiger partial charge in [0.15, 0.2) is 0 Å². The summed E-state index contributed by atoms with van der Waals surface area (Å²) in [6.45, 7) is 2.69. The van der Waals surface area contributed by atoms with Crippen LogP contribution in [0.4, 0.5) is 0 Å². The number of pyridine rings is 1. The zero-order valence-corrected chi connectivity index (χ0v) is 8.48. The molecule has 0 aromatic carbocycles. The van der Waals surface area contributed by atoms with Gasteiger partial charge in [-0.15, -0.1) is 0 Å². The normalized spacial score (nSPS) is 12.9. The molecule has 0 bridgehead atoms. The number of halogens is 1. The Labute approximate surface area is 80.1 Å². The third kappa shape index (κ3) is 3.67. The average Bonchev–Trinajstić information content (AvgIpc) is 2.03. The SMILES string of the molecule is CC(I)OCc1ccncc1. The summed E-state index contributed by atoms with van der Waals surface area (Å²) in [5, 5.41) is 0. The van der Waals surface area contributed by atoms with Crippen LogP contribution < -0.4 is 0 Å². The van der Waals surface area contributed by atoms with Crippen LogP contribution in [0.25, 0.3) is 0 Å². The van der Waals surface area contributed by atoms with E-state index >= 15 is 0 Å². The number of hydrogen-bond donors (Lipinski definition) is 0. The number of nitrogens with zero attached hydrogens (tertiary/aromatic N) is 1. The van der Waals surface area contributed by atoms with Gasteiger partial charge < -0.3 is 4.74 Å². The van der Waals surface area contributed by atoms with E-state index in [1.54, 1.807) is 12.4 Å². The molecule has 0 aliphatic carbocycles. The lowest BCUT2D eigenvalue weighted by molar-refractivity contribution is 0.121. The van der Waals surface area contributed by atoms with Gasteiger partial charge in [0.25, 0.3) is 0 Å². The van der Waals surface area contributed by atoms with Crippen molar-refractivity contribution < 1.29 is 4.74 Å². The van der Waals surface area contributed by atoms with E-state index in [0.717, 1.165) is 0 Å². The monoisotopic (exact) mass is 263 g/mol. The van der Waals surface area contributed by atoms with E-state index in [4.69, 9.17) is 4.74 Å². The first-order valence-corrected chi connectivity index (χ1v) is 4.68. The molecule has 0 amide bonds. The summed E-state index contributed by atoms with van der Waals surface area (Å²) in [7, 11) is 0. The van der Waals surface area contributed by atoms with Crippen LogP contribution in [-0.2, 0) is 11.3 Å². The van der Waals surface area contributed by atoms with Crippen molar-refractivity contribution in [2.75, 3.05) is 0 Å². The minimum Gasteiger partial charge on any atom is -0.363 e. The van der Waals surface area contributed by atoms with Crippen LogP contribution in [0.15, 0.2) is 24.5 Å². The maximum atomic E-state index is 5.39. The number of aromatic nitrogens is 1. The molecule has 2 nitrogen and oxygen atoms in total. The van der Waals surface area contributed by atoms with E-state index < -0.39 is 0 Å². The second kappa shape index (κ2) is 4.66. The summed E-state index contributed by atoms with van der Waals surface area (Å²) in [6.07, 6.45) is 3.55. The van der Waals surface area contributed by atoms with Crippen LogP contribution in [0, 0.1) is 0 Å². The second-order valence-corrected chi connectivity index (χ2v) is 3.96. The fraction of sp³-hybridized carbons (Fsp3) is 0.375. The maximum Gasteiger partial charge on any atom is 0.106 e. The summed E-state index contributed by atoms with van der Waals surface area (Å²) in [5.41, 5.74) is 1.17. The molecule has 0 aliphatic rings. The zero-order chi connectivity index (χ0) is 8.10. The molecule has 1 heterocycles. The van der Waals surface area contributed by atoms with Gasteiger partial charge in [0.05, 0.1) is 6.61 Å². The van der Waals surface area contributed by atoms with Crippen molar-refractivity contribution in [3.8, 4) is 0 Å². The highest BCUT2D eigenvalue weighted by Crippen LogP contribution is 2.05. The highest BCUT2D eigenvalue weighted by molar-refractivity contribution is 14.1. The molecule has 1 aromatic heterocycles. The standard InChI is InChI=1S/C8H10INO/c1-7(9)11-6-8-2-4-10-5-3-8/h2-5,7H,6H2,1H3. The van der Waals surface area contributed by atoms with Gasteiger partial charge in [-0.1, -0.05) is 22.6 Å². The lowest BCUT2D eigenvalue weighted by Gasteiger charge is -2.04. The zero-order valence-electron chi connectivity index (χ0n) is 6.33. The molecule has 0 radical (unpaired) electrons. The Kier molecular flexibility index (Phi) is 3.79. The molecule has 0 aliphatic heterocycles. The Morgan fingerprint density at radius 3 is 2.73 bits per heavy atom. The summed E-state index contributed by atoms with van der Waals surface area (Å²) in [5.74, 6) is 0. The van der Waals surface area contributed by atoms with Gasteiger partial charge in [-0.05, 0) is 24.6 Å². The maximum absolute atomic E-state index is 5.39. The third-order valence-corrected chi connectivity index (χ3v) is 1.59. The minimum absolute atomic E-state index is 0.265. The van der Waals surface area contributed by atoms with Crippen molar-refractivity contribution in [3.63, 3.8) is 0 Å². The van der Waals surface area contributed by atoms with Gasteiger partial charge >= 0.3 is 0 Å². The van der Waals surface area contributed by atoms with Crippen molar-refractivity contribution >= 4 is 22.6 Å². The Morgan fingerprint density at radius 2 is 2.18 bits per heavy atom. The smallest absolute Gasteiger partial charge is 0.106 e. The predicted octanol–water partition coefficient (Wildman–Crippen LogP) is 2.38. The Hall–Kier alpha value is -0.160. The van der Waals surface area contributed by atoms with Crippen LogP contribution in [0.5, 0.6) is 0 Å². The quantitative estimate of drug-likeness (QED) is 0.617. The largest absolute Gasteiger partial charge is 0.363 e. The lowest BCUT2D eigenvalue weighted by atomic mass is 10.3. The summed E-state index contributed by atoms with van der Waals surface area (Å²) in [6, 6.07) is 3.91. The summed E-state index contributed by atoms with van der Waals surface area (Å²) in [4.78, 5) is 3.92. The molecule has 1 atom stereocenters. The van der Waals surface area contributed by atoms with E-state index in [0.29, 0.717) is 6.61 Å². The first kappa shape index (κ1) is 8.93. The Morgan fingerprint density at radius 1 is 1.55 bits per heavy atom. The first-order chi connectivity index (χ1) is 5.29. The van der Waals surface area contributed by atoms with E-state index in [-0.39, 0.29) is 4.11 Å². The van der Waals surface area contributed by atoms with Gasteiger partial charge in [-0.2, -0.15) is 0 Å². The predicted molar refractivity (Wildman–Crippen MR) is 52.5 cm³/mol. The van der Waals surface area contributed by atoms with Crippen molar-refractivity contribution in [2.24, 2.45) is 0 Å². The minimum atomic E-state index is 0.265. The molecule has 1 unspecified atom stereocenters. The molecule has 0 spiro atoms. The van der Waals surface area contributed by atoms with Crippen molar-refractivity contribution in [2.45, 2.75) is 17.6 Å². The summed E-state index contributed by atoms with van der Waals surface area (Å²) >= 11 is 2.23. The molecule has 60 valence electrons.